The molecule has 1 heterocycles. The molecule has 0 amide bonds. The van der Waals surface area contributed by atoms with E-state index < -0.39 is 12.3 Å². The molecule has 0 bridgehead atoms. The number of aromatic nitrogens is 2. The zero-order chi connectivity index (χ0) is 20.1. The summed E-state index contributed by atoms with van der Waals surface area (Å²) in [5, 5.41) is 3.71. The monoisotopic (exact) mass is 394 g/mol. The maximum absolute atomic E-state index is 12.2. The molecule has 0 radical (unpaired) electrons. The average Bonchev–Trinajstić information content (AvgIpc) is 3.14. The topological polar surface area (TPSA) is 83.7 Å². The van der Waals surface area contributed by atoms with Crippen LogP contribution in [0.25, 0.3) is 11.4 Å². The van der Waals surface area contributed by atoms with E-state index in [0.29, 0.717) is 16.9 Å². The molecule has 0 saturated heterocycles. The highest BCUT2D eigenvalue weighted by Crippen LogP contribution is 2.25. The number of carbonyl (C=O) groups excluding carboxylic acids is 1. The molecule has 0 spiro atoms. The van der Waals surface area contributed by atoms with Crippen molar-refractivity contribution < 1.29 is 36.7 Å². The molecule has 1 aromatic heterocycles. The number of hydrogen-bond acceptors (Lipinski definition) is 7. The maximum atomic E-state index is 12.2. The first-order valence-corrected chi connectivity index (χ1v) is 7.84. The smallest absolute Gasteiger partial charge is 0.497 e. The van der Waals surface area contributed by atoms with Gasteiger partial charge in [-0.3, -0.25) is 0 Å². The van der Waals surface area contributed by atoms with E-state index in [1.54, 1.807) is 18.2 Å². The molecule has 3 rings (SSSR count). The Morgan fingerprint density at radius 1 is 1.11 bits per heavy atom. The van der Waals surface area contributed by atoms with Crippen LogP contribution in [-0.4, -0.2) is 29.6 Å². The van der Waals surface area contributed by atoms with Gasteiger partial charge in [0.05, 0.1) is 12.7 Å². The van der Waals surface area contributed by atoms with E-state index >= 15 is 0 Å². The largest absolute Gasteiger partial charge is 0.573 e. The molecular weight excluding hydrogens is 381 g/mol. The Labute approximate surface area is 156 Å². The lowest BCUT2D eigenvalue weighted by atomic mass is 10.2. The normalized spacial score (nSPS) is 11.1. The van der Waals surface area contributed by atoms with Gasteiger partial charge in [-0.25, -0.2) is 4.79 Å². The molecule has 0 unspecified atom stereocenters. The third-order valence-corrected chi connectivity index (χ3v) is 3.45. The highest BCUT2D eigenvalue weighted by atomic mass is 19.4. The van der Waals surface area contributed by atoms with Crippen molar-refractivity contribution in [2.45, 2.75) is 13.0 Å². The van der Waals surface area contributed by atoms with Gasteiger partial charge in [0.25, 0.3) is 5.89 Å². The van der Waals surface area contributed by atoms with Gasteiger partial charge in [-0.2, -0.15) is 4.98 Å². The zero-order valence-electron chi connectivity index (χ0n) is 14.4. The molecular formula is C18H13F3N2O5. The standard InChI is InChI=1S/C18H13F3N2O5/c1-25-14-4-2-3-12(9-14)17(24)26-10-15-22-16(23-28-15)11-5-7-13(8-6-11)27-18(19,20)21/h2-9H,10H2,1H3. The van der Waals surface area contributed by atoms with Gasteiger partial charge in [-0.1, -0.05) is 11.2 Å². The van der Waals surface area contributed by atoms with Crippen LogP contribution in [0.1, 0.15) is 16.2 Å². The second kappa shape index (κ2) is 7.99. The fourth-order valence-corrected chi connectivity index (χ4v) is 2.20. The van der Waals surface area contributed by atoms with Crippen LogP contribution in [0.4, 0.5) is 13.2 Å². The Morgan fingerprint density at radius 2 is 1.86 bits per heavy atom. The van der Waals surface area contributed by atoms with Crippen LogP contribution in [0.3, 0.4) is 0 Å². The summed E-state index contributed by atoms with van der Waals surface area (Å²) in [5.41, 5.74) is 0.697. The molecule has 0 aliphatic rings. The van der Waals surface area contributed by atoms with Crippen LogP contribution >= 0.6 is 0 Å². The van der Waals surface area contributed by atoms with Crippen molar-refractivity contribution in [2.24, 2.45) is 0 Å². The number of esters is 1. The molecule has 0 saturated carbocycles. The summed E-state index contributed by atoms with van der Waals surface area (Å²) in [6.07, 6.45) is -4.77. The van der Waals surface area contributed by atoms with Gasteiger partial charge in [0, 0.05) is 5.56 Å². The number of alkyl halides is 3. The molecule has 10 heteroatoms. The molecule has 146 valence electrons. The fourth-order valence-electron chi connectivity index (χ4n) is 2.20. The third-order valence-electron chi connectivity index (χ3n) is 3.45. The van der Waals surface area contributed by atoms with Crippen molar-refractivity contribution in [3.8, 4) is 22.9 Å². The number of benzene rings is 2. The Bertz CT molecular complexity index is 954. The van der Waals surface area contributed by atoms with Gasteiger partial charge in [0.15, 0.2) is 6.61 Å². The van der Waals surface area contributed by atoms with Gasteiger partial charge in [-0.15, -0.1) is 13.2 Å². The minimum atomic E-state index is -4.77. The van der Waals surface area contributed by atoms with E-state index in [2.05, 4.69) is 14.9 Å². The second-order valence-electron chi connectivity index (χ2n) is 5.39. The van der Waals surface area contributed by atoms with E-state index in [-0.39, 0.29) is 24.1 Å². The van der Waals surface area contributed by atoms with E-state index in [1.165, 1.54) is 25.3 Å². The Hall–Kier alpha value is -3.56. The molecule has 0 aliphatic heterocycles. The molecule has 28 heavy (non-hydrogen) atoms. The van der Waals surface area contributed by atoms with Crippen LogP contribution in [0.5, 0.6) is 11.5 Å². The summed E-state index contributed by atoms with van der Waals surface area (Å²) in [6.45, 7) is -0.266. The van der Waals surface area contributed by atoms with Crippen molar-refractivity contribution in [3.63, 3.8) is 0 Å². The van der Waals surface area contributed by atoms with E-state index in [4.69, 9.17) is 14.0 Å². The molecule has 0 aliphatic carbocycles. The molecule has 0 fully saturated rings. The minimum Gasteiger partial charge on any atom is -0.497 e. The van der Waals surface area contributed by atoms with Crippen LogP contribution in [-0.2, 0) is 11.3 Å². The number of hydrogen-bond donors (Lipinski definition) is 0. The van der Waals surface area contributed by atoms with Crippen molar-refractivity contribution in [3.05, 3.63) is 60.0 Å². The summed E-state index contributed by atoms with van der Waals surface area (Å²) in [6, 6.07) is 11.4. The summed E-state index contributed by atoms with van der Waals surface area (Å²) >= 11 is 0. The van der Waals surface area contributed by atoms with Gasteiger partial charge in [-0.05, 0) is 42.5 Å². The third kappa shape index (κ3) is 5.00. The van der Waals surface area contributed by atoms with Gasteiger partial charge in [0.2, 0.25) is 5.82 Å². The molecule has 3 aromatic rings. The van der Waals surface area contributed by atoms with Gasteiger partial charge >= 0.3 is 12.3 Å². The lowest BCUT2D eigenvalue weighted by Gasteiger charge is -2.08. The SMILES string of the molecule is COc1cccc(C(=O)OCc2nc(-c3ccc(OC(F)(F)F)cc3)no2)c1. The number of methoxy groups -OCH3 is 1. The fraction of sp³-hybridized carbons (Fsp3) is 0.167. The predicted molar refractivity (Wildman–Crippen MR) is 88.5 cm³/mol. The van der Waals surface area contributed by atoms with Crippen molar-refractivity contribution in [2.75, 3.05) is 7.11 Å². The summed E-state index contributed by atoms with van der Waals surface area (Å²) in [4.78, 5) is 16.1. The first kappa shape index (κ1) is 19.2. The number of ether oxygens (including phenoxy) is 3. The number of halogens is 3. The van der Waals surface area contributed by atoms with E-state index in [1.807, 2.05) is 0 Å². The van der Waals surface area contributed by atoms with Crippen LogP contribution in [0.2, 0.25) is 0 Å². The summed E-state index contributed by atoms with van der Waals surface area (Å²) in [7, 11) is 1.48. The molecule has 7 nitrogen and oxygen atoms in total. The Balaban J connectivity index is 1.61. The highest BCUT2D eigenvalue weighted by Gasteiger charge is 2.31. The van der Waals surface area contributed by atoms with Crippen molar-refractivity contribution >= 4 is 5.97 Å². The Kier molecular flexibility index (Phi) is 5.48. The van der Waals surface area contributed by atoms with Gasteiger partial charge in [0.1, 0.15) is 11.5 Å². The quantitative estimate of drug-likeness (QED) is 0.584. The van der Waals surface area contributed by atoms with Gasteiger partial charge < -0.3 is 18.7 Å². The molecule has 0 atom stereocenters. The van der Waals surface area contributed by atoms with Crippen LogP contribution in [0, 0.1) is 0 Å². The molecule has 2 aromatic carbocycles. The lowest BCUT2D eigenvalue weighted by Crippen LogP contribution is -2.16. The Morgan fingerprint density at radius 3 is 2.54 bits per heavy atom. The van der Waals surface area contributed by atoms with E-state index in [0.717, 1.165) is 12.1 Å². The maximum Gasteiger partial charge on any atom is 0.573 e. The molecule has 0 N–H and O–H groups in total. The minimum absolute atomic E-state index is 0.0295. The van der Waals surface area contributed by atoms with Crippen LogP contribution in [0.15, 0.2) is 53.1 Å². The zero-order valence-corrected chi connectivity index (χ0v) is 14.4. The summed E-state index contributed by atoms with van der Waals surface area (Å²) < 4.78 is 55.4. The van der Waals surface area contributed by atoms with Crippen molar-refractivity contribution in [1.82, 2.24) is 10.1 Å². The number of nitrogens with zero attached hydrogens (tertiary/aromatic N) is 2. The second-order valence-corrected chi connectivity index (χ2v) is 5.39. The van der Waals surface area contributed by atoms with E-state index in [9.17, 15) is 18.0 Å². The predicted octanol–water partition coefficient (Wildman–Crippen LogP) is 4.00. The lowest BCUT2D eigenvalue weighted by molar-refractivity contribution is -0.274. The average molecular weight is 394 g/mol. The first-order chi connectivity index (χ1) is 13.3. The first-order valence-electron chi connectivity index (χ1n) is 7.84. The number of carbonyl (C=O) groups is 1. The van der Waals surface area contributed by atoms with Crippen LogP contribution < -0.4 is 9.47 Å². The number of rotatable bonds is 6. The highest BCUT2D eigenvalue weighted by molar-refractivity contribution is 5.89. The summed E-state index contributed by atoms with van der Waals surface area (Å²) in [5.74, 6) is -0.306. The van der Waals surface area contributed by atoms with Crippen molar-refractivity contribution in [1.29, 1.82) is 0 Å².